The average molecular weight is 233 g/mol. The van der Waals surface area contributed by atoms with Crippen molar-refractivity contribution in [3.8, 4) is 0 Å². The average Bonchev–Trinajstić information content (AvgIpc) is 2.29. The lowest BCUT2D eigenvalue weighted by atomic mass is 9.85. The van der Waals surface area contributed by atoms with Crippen molar-refractivity contribution in [2.24, 2.45) is 0 Å². The number of morpholine rings is 1. The zero-order valence-electron chi connectivity index (χ0n) is 10.6. The quantitative estimate of drug-likeness (QED) is 0.807. The number of ether oxygens (including phenoxy) is 1. The van der Waals surface area contributed by atoms with Crippen molar-refractivity contribution >= 4 is 5.91 Å². The second kappa shape index (κ2) is 4.49. The highest BCUT2D eigenvalue weighted by Crippen LogP contribution is 2.26. The summed E-state index contributed by atoms with van der Waals surface area (Å²) in [4.78, 5) is 11.0. The molecule has 0 saturated carbocycles. The van der Waals surface area contributed by atoms with Crippen LogP contribution in [0.25, 0.3) is 0 Å². The molecule has 3 nitrogen and oxygen atoms in total. The molecule has 2 rings (SSSR count). The summed E-state index contributed by atoms with van der Waals surface area (Å²) in [6.45, 7) is 7.29. The molecule has 0 aliphatic carbocycles. The Balaban J connectivity index is 2.19. The maximum absolute atomic E-state index is 11.0. The second-order valence-corrected chi connectivity index (χ2v) is 5.48. The van der Waals surface area contributed by atoms with Crippen molar-refractivity contribution < 1.29 is 9.53 Å². The standard InChI is InChI=1S/C14H19NO2/c1-14(2,3)11-6-4-5-10(7-11)12-8-15-13(16)9-17-12/h4-7,12H,8-9H2,1-3H3,(H,15,16)/t12-/m1/s1. The van der Waals surface area contributed by atoms with E-state index in [0.717, 1.165) is 5.56 Å². The number of hydrogen-bond acceptors (Lipinski definition) is 2. The molecule has 1 heterocycles. The monoisotopic (exact) mass is 233 g/mol. The SMILES string of the molecule is CC(C)(C)c1cccc([C@H]2CNC(=O)CO2)c1. The molecule has 1 aromatic rings. The van der Waals surface area contributed by atoms with E-state index < -0.39 is 0 Å². The summed E-state index contributed by atoms with van der Waals surface area (Å²) in [5.74, 6) is -0.0341. The van der Waals surface area contributed by atoms with Gasteiger partial charge in [0.1, 0.15) is 12.7 Å². The van der Waals surface area contributed by atoms with E-state index in [1.54, 1.807) is 0 Å². The first-order valence-electron chi connectivity index (χ1n) is 5.95. The van der Waals surface area contributed by atoms with Gasteiger partial charge in [-0.25, -0.2) is 0 Å². The van der Waals surface area contributed by atoms with Crippen LogP contribution in [0.2, 0.25) is 0 Å². The molecule has 1 amide bonds. The lowest BCUT2D eigenvalue weighted by molar-refractivity contribution is -0.133. The fourth-order valence-electron chi connectivity index (χ4n) is 1.91. The molecule has 0 radical (unpaired) electrons. The molecule has 0 spiro atoms. The lowest BCUT2D eigenvalue weighted by Gasteiger charge is -2.26. The Morgan fingerprint density at radius 2 is 2.12 bits per heavy atom. The molecular weight excluding hydrogens is 214 g/mol. The minimum Gasteiger partial charge on any atom is -0.362 e. The van der Waals surface area contributed by atoms with Gasteiger partial charge in [0.25, 0.3) is 0 Å². The minimum absolute atomic E-state index is 0.0185. The third kappa shape index (κ3) is 2.86. The number of carbonyl (C=O) groups excluding carboxylic acids is 1. The van der Waals surface area contributed by atoms with Gasteiger partial charge in [0.05, 0.1) is 0 Å². The van der Waals surface area contributed by atoms with Crippen molar-refractivity contribution in [1.29, 1.82) is 0 Å². The van der Waals surface area contributed by atoms with Gasteiger partial charge >= 0.3 is 0 Å². The van der Waals surface area contributed by atoms with E-state index in [-0.39, 0.29) is 24.0 Å². The van der Waals surface area contributed by atoms with Crippen LogP contribution < -0.4 is 5.32 Å². The third-order valence-electron chi connectivity index (χ3n) is 3.02. The Morgan fingerprint density at radius 1 is 1.35 bits per heavy atom. The van der Waals surface area contributed by atoms with E-state index in [4.69, 9.17) is 4.74 Å². The van der Waals surface area contributed by atoms with Gasteiger partial charge in [-0.3, -0.25) is 4.79 Å². The number of rotatable bonds is 1. The molecule has 0 unspecified atom stereocenters. The van der Waals surface area contributed by atoms with Gasteiger partial charge in [0, 0.05) is 6.54 Å². The van der Waals surface area contributed by atoms with Crippen LogP contribution in [-0.4, -0.2) is 19.1 Å². The Hall–Kier alpha value is -1.35. The van der Waals surface area contributed by atoms with Crippen molar-refractivity contribution in [3.05, 3.63) is 35.4 Å². The summed E-state index contributed by atoms with van der Waals surface area (Å²) in [5.41, 5.74) is 2.56. The number of amides is 1. The maximum Gasteiger partial charge on any atom is 0.246 e. The minimum atomic E-state index is -0.0341. The first kappa shape index (κ1) is 12.1. The summed E-state index contributed by atoms with van der Waals surface area (Å²) in [6.07, 6.45) is -0.0185. The summed E-state index contributed by atoms with van der Waals surface area (Å²) >= 11 is 0. The molecule has 1 saturated heterocycles. The van der Waals surface area contributed by atoms with Gasteiger partial charge in [0.2, 0.25) is 5.91 Å². The fourth-order valence-corrected chi connectivity index (χ4v) is 1.91. The molecule has 1 aliphatic heterocycles. The highest BCUT2D eigenvalue weighted by molar-refractivity contribution is 5.77. The maximum atomic E-state index is 11.0. The Morgan fingerprint density at radius 3 is 2.71 bits per heavy atom. The van der Waals surface area contributed by atoms with Crippen molar-refractivity contribution in [3.63, 3.8) is 0 Å². The number of hydrogen-bond donors (Lipinski definition) is 1. The van der Waals surface area contributed by atoms with Crippen molar-refractivity contribution in [1.82, 2.24) is 5.32 Å². The zero-order chi connectivity index (χ0) is 12.5. The van der Waals surface area contributed by atoms with Crippen LogP contribution in [0, 0.1) is 0 Å². The lowest BCUT2D eigenvalue weighted by Crippen LogP contribution is -2.38. The molecule has 92 valence electrons. The predicted octanol–water partition coefficient (Wildman–Crippen LogP) is 2.17. The highest BCUT2D eigenvalue weighted by Gasteiger charge is 2.21. The van der Waals surface area contributed by atoms with Gasteiger partial charge in [-0.1, -0.05) is 45.0 Å². The van der Waals surface area contributed by atoms with Gasteiger partial charge in [-0.2, -0.15) is 0 Å². The third-order valence-corrected chi connectivity index (χ3v) is 3.02. The van der Waals surface area contributed by atoms with E-state index in [1.165, 1.54) is 5.56 Å². The van der Waals surface area contributed by atoms with Crippen molar-refractivity contribution in [2.75, 3.05) is 13.2 Å². The van der Waals surface area contributed by atoms with Gasteiger partial charge in [-0.15, -0.1) is 0 Å². The summed E-state index contributed by atoms with van der Waals surface area (Å²) < 4.78 is 5.53. The molecule has 1 fully saturated rings. The summed E-state index contributed by atoms with van der Waals surface area (Å²) in [7, 11) is 0. The van der Waals surface area contributed by atoms with Crippen LogP contribution in [-0.2, 0) is 14.9 Å². The topological polar surface area (TPSA) is 38.3 Å². The van der Waals surface area contributed by atoms with Crippen LogP contribution in [0.15, 0.2) is 24.3 Å². The number of nitrogens with one attached hydrogen (secondary N) is 1. The molecule has 1 aliphatic rings. The van der Waals surface area contributed by atoms with E-state index in [2.05, 4.69) is 50.4 Å². The van der Waals surface area contributed by atoms with E-state index in [1.807, 2.05) is 0 Å². The molecule has 0 aromatic heterocycles. The van der Waals surface area contributed by atoms with Gasteiger partial charge < -0.3 is 10.1 Å². The summed E-state index contributed by atoms with van der Waals surface area (Å²) in [6, 6.07) is 8.40. The molecule has 1 atom stereocenters. The van der Waals surface area contributed by atoms with Gasteiger partial charge in [-0.05, 0) is 16.5 Å². The van der Waals surface area contributed by atoms with E-state index in [9.17, 15) is 4.79 Å². The van der Waals surface area contributed by atoms with Crippen molar-refractivity contribution in [2.45, 2.75) is 32.3 Å². The van der Waals surface area contributed by atoms with E-state index in [0.29, 0.717) is 6.54 Å². The van der Waals surface area contributed by atoms with E-state index >= 15 is 0 Å². The molecule has 0 bridgehead atoms. The molecule has 1 N–H and O–H groups in total. The summed E-state index contributed by atoms with van der Waals surface area (Å²) in [5, 5.41) is 2.82. The largest absolute Gasteiger partial charge is 0.362 e. The molecule has 17 heavy (non-hydrogen) atoms. The first-order chi connectivity index (χ1) is 7.97. The highest BCUT2D eigenvalue weighted by atomic mass is 16.5. The number of carbonyl (C=O) groups is 1. The molecule has 3 heteroatoms. The van der Waals surface area contributed by atoms with Gasteiger partial charge in [0.15, 0.2) is 0 Å². The van der Waals surface area contributed by atoms with Crippen LogP contribution in [0.5, 0.6) is 0 Å². The zero-order valence-corrected chi connectivity index (χ0v) is 10.6. The Kier molecular flexibility index (Phi) is 3.20. The normalized spacial score (nSPS) is 21.1. The number of benzene rings is 1. The molecular formula is C14H19NO2. The van der Waals surface area contributed by atoms with Crippen LogP contribution in [0.3, 0.4) is 0 Å². The predicted molar refractivity (Wildman–Crippen MR) is 66.8 cm³/mol. The van der Waals surface area contributed by atoms with Crippen LogP contribution in [0.1, 0.15) is 38.0 Å². The Labute approximate surface area is 102 Å². The first-order valence-corrected chi connectivity index (χ1v) is 5.95. The smallest absolute Gasteiger partial charge is 0.246 e. The van der Waals surface area contributed by atoms with Crippen LogP contribution in [0.4, 0.5) is 0 Å². The Bertz CT molecular complexity index is 410. The second-order valence-electron chi connectivity index (χ2n) is 5.48. The van der Waals surface area contributed by atoms with Crippen LogP contribution >= 0.6 is 0 Å². The fraction of sp³-hybridized carbons (Fsp3) is 0.500. The molecule has 1 aromatic carbocycles.